The molecule has 0 saturated heterocycles. The molecular formula is C22H47FOS. The first-order valence-corrected chi connectivity index (χ1v) is 13.4. The molecule has 0 aromatic rings. The van der Waals surface area contributed by atoms with Crippen LogP contribution >= 0.6 is 10.9 Å². The zero-order chi connectivity index (χ0) is 18.6. The van der Waals surface area contributed by atoms with Crippen LogP contribution in [0.4, 0.5) is 4.39 Å². The molecule has 0 fully saturated rings. The maximum Gasteiger partial charge on any atom is 0.0973 e. The van der Waals surface area contributed by atoms with E-state index < -0.39 is 6.17 Å². The minimum atomic E-state index is -0.608. The van der Waals surface area contributed by atoms with Gasteiger partial charge in [-0.2, -0.15) is 0 Å². The van der Waals surface area contributed by atoms with Crippen molar-refractivity contribution in [2.75, 3.05) is 31.5 Å². The molecule has 0 amide bonds. The molecular weight excluding hydrogens is 331 g/mol. The highest BCUT2D eigenvalue weighted by molar-refractivity contribution is 8.15. The fraction of sp³-hybridized carbons (Fsp3) is 1.00. The highest BCUT2D eigenvalue weighted by atomic mass is 32.2. The van der Waals surface area contributed by atoms with E-state index in [1.807, 2.05) is 0 Å². The van der Waals surface area contributed by atoms with Gasteiger partial charge < -0.3 is 4.74 Å². The molecule has 0 saturated carbocycles. The summed E-state index contributed by atoms with van der Waals surface area (Å²) < 4.78 is 18.3. The Bertz CT molecular complexity index is 222. The normalized spacial score (nSPS) is 13.2. The van der Waals surface area contributed by atoms with E-state index in [0.717, 1.165) is 26.1 Å². The van der Waals surface area contributed by atoms with Crippen molar-refractivity contribution in [1.29, 1.82) is 0 Å². The van der Waals surface area contributed by atoms with Crippen molar-refractivity contribution in [3.63, 3.8) is 0 Å². The lowest BCUT2D eigenvalue weighted by atomic mass is 10.0. The van der Waals surface area contributed by atoms with Crippen LogP contribution < -0.4 is 0 Å². The van der Waals surface area contributed by atoms with Gasteiger partial charge >= 0.3 is 0 Å². The van der Waals surface area contributed by atoms with E-state index in [9.17, 15) is 4.39 Å². The topological polar surface area (TPSA) is 9.23 Å². The minimum Gasteiger partial charge on any atom is -0.381 e. The maximum atomic E-state index is 12.6. The fourth-order valence-electron chi connectivity index (χ4n) is 3.10. The predicted molar refractivity (Wildman–Crippen MR) is 116 cm³/mol. The van der Waals surface area contributed by atoms with E-state index in [4.69, 9.17) is 4.74 Å². The van der Waals surface area contributed by atoms with Crippen molar-refractivity contribution in [2.24, 2.45) is 0 Å². The fourth-order valence-corrected chi connectivity index (χ4v) is 3.59. The van der Waals surface area contributed by atoms with Crippen molar-refractivity contribution in [3.8, 4) is 0 Å². The Morgan fingerprint density at radius 3 is 1.44 bits per heavy atom. The number of ether oxygens (including phenoxy) is 1. The maximum absolute atomic E-state index is 12.6. The Labute approximate surface area is 161 Å². The predicted octanol–water partition coefficient (Wildman–Crippen LogP) is 7.47. The second-order valence-electron chi connectivity index (χ2n) is 7.93. The molecule has 0 spiro atoms. The summed E-state index contributed by atoms with van der Waals surface area (Å²) in [7, 11) is 0.215. The van der Waals surface area contributed by atoms with Gasteiger partial charge in [-0.3, -0.25) is 10.9 Å². The lowest BCUT2D eigenvalue weighted by Gasteiger charge is -2.09. The number of thiol groups is 1. The third kappa shape index (κ3) is 24.2. The van der Waals surface area contributed by atoms with Gasteiger partial charge in [0.25, 0.3) is 0 Å². The number of hydrogen-bond donors (Lipinski definition) is 1. The summed E-state index contributed by atoms with van der Waals surface area (Å²) >= 11 is 0. The molecule has 0 bridgehead atoms. The van der Waals surface area contributed by atoms with Gasteiger partial charge in [-0.15, -0.1) is 0 Å². The van der Waals surface area contributed by atoms with Crippen LogP contribution in [0.3, 0.4) is 0 Å². The Morgan fingerprint density at radius 1 is 0.640 bits per heavy atom. The Balaban J connectivity index is 2.98. The second-order valence-corrected chi connectivity index (χ2v) is 10.5. The lowest BCUT2D eigenvalue weighted by Crippen LogP contribution is -2.01. The quantitative estimate of drug-likeness (QED) is 0.171. The summed E-state index contributed by atoms with van der Waals surface area (Å²) in [4.78, 5) is 0. The molecule has 1 atom stereocenters. The second kappa shape index (κ2) is 20.6. The Hall–Kier alpha value is 0.240. The van der Waals surface area contributed by atoms with E-state index in [1.165, 1.54) is 89.2 Å². The third-order valence-electron chi connectivity index (χ3n) is 4.82. The van der Waals surface area contributed by atoms with Crippen molar-refractivity contribution in [3.05, 3.63) is 0 Å². The standard InChI is InChI=1S/C22H47FOS/c1-22(23)18-16-14-12-10-8-6-4-5-7-9-11-13-15-17-19-24-20-21-25(2)3/h22,25H,4-21H2,1-3H3. The summed E-state index contributed by atoms with van der Waals surface area (Å²) in [5.74, 6) is 1.26. The highest BCUT2D eigenvalue weighted by Gasteiger charge is 1.98. The lowest BCUT2D eigenvalue weighted by molar-refractivity contribution is 0.145. The molecule has 0 radical (unpaired) electrons. The average molecular weight is 379 g/mol. The average Bonchev–Trinajstić information content (AvgIpc) is 2.56. The molecule has 25 heavy (non-hydrogen) atoms. The van der Waals surface area contributed by atoms with Crippen LogP contribution in [-0.2, 0) is 4.74 Å². The van der Waals surface area contributed by atoms with Gasteiger partial charge in [-0.1, -0.05) is 83.5 Å². The van der Waals surface area contributed by atoms with Crippen molar-refractivity contribution in [2.45, 2.75) is 109 Å². The Morgan fingerprint density at radius 2 is 1.04 bits per heavy atom. The molecule has 1 nitrogen and oxygen atoms in total. The van der Waals surface area contributed by atoms with E-state index in [2.05, 4.69) is 12.5 Å². The molecule has 0 aromatic carbocycles. The SMILES string of the molecule is CC(F)CCCCCCCCCCCCCCCCOCC[SH](C)C. The first-order valence-electron chi connectivity index (χ1n) is 11.0. The number of halogens is 1. The molecule has 0 aliphatic heterocycles. The molecule has 0 aliphatic rings. The highest BCUT2D eigenvalue weighted by Crippen LogP contribution is 2.14. The van der Waals surface area contributed by atoms with Crippen LogP contribution in [0.1, 0.15) is 103 Å². The first kappa shape index (κ1) is 25.2. The van der Waals surface area contributed by atoms with Gasteiger partial charge in [0.05, 0.1) is 12.8 Å². The third-order valence-corrected chi connectivity index (χ3v) is 5.90. The van der Waals surface area contributed by atoms with Crippen molar-refractivity contribution in [1.82, 2.24) is 0 Å². The van der Waals surface area contributed by atoms with E-state index in [1.54, 1.807) is 6.92 Å². The molecule has 0 aliphatic carbocycles. The van der Waals surface area contributed by atoms with Crippen molar-refractivity contribution < 1.29 is 9.13 Å². The minimum absolute atomic E-state index is 0.215. The molecule has 0 rings (SSSR count). The smallest absolute Gasteiger partial charge is 0.0973 e. The van der Waals surface area contributed by atoms with Gasteiger partial charge in [0.2, 0.25) is 0 Å². The zero-order valence-corrected chi connectivity index (χ0v) is 18.4. The monoisotopic (exact) mass is 378 g/mol. The summed E-state index contributed by atoms with van der Waals surface area (Å²) in [6, 6.07) is 0. The van der Waals surface area contributed by atoms with Gasteiger partial charge in [-0.25, -0.2) is 4.39 Å². The number of alkyl halides is 1. The molecule has 154 valence electrons. The number of unbranched alkanes of at least 4 members (excludes halogenated alkanes) is 13. The van der Waals surface area contributed by atoms with Crippen molar-refractivity contribution >= 4 is 10.9 Å². The van der Waals surface area contributed by atoms with Gasteiger partial charge in [0, 0.05) is 6.61 Å². The van der Waals surface area contributed by atoms with Crippen LogP contribution in [0.2, 0.25) is 0 Å². The number of rotatable bonds is 20. The summed E-state index contributed by atoms with van der Waals surface area (Å²) in [6.07, 6.45) is 23.5. The zero-order valence-electron chi connectivity index (χ0n) is 17.5. The van der Waals surface area contributed by atoms with Crippen LogP contribution in [0, 0.1) is 0 Å². The molecule has 0 heterocycles. The van der Waals surface area contributed by atoms with Crippen LogP contribution in [0.25, 0.3) is 0 Å². The molecule has 0 N–H and O–H groups in total. The van der Waals surface area contributed by atoms with Gasteiger partial charge in [-0.05, 0) is 38.0 Å². The molecule has 3 heteroatoms. The van der Waals surface area contributed by atoms with E-state index in [-0.39, 0.29) is 10.9 Å². The van der Waals surface area contributed by atoms with Crippen LogP contribution in [0.5, 0.6) is 0 Å². The summed E-state index contributed by atoms with van der Waals surface area (Å²) in [6.45, 7) is 3.61. The number of hydrogen-bond acceptors (Lipinski definition) is 1. The first-order chi connectivity index (χ1) is 12.1. The summed E-state index contributed by atoms with van der Waals surface area (Å²) in [5, 5.41) is 0. The molecule has 1 unspecified atom stereocenters. The largest absolute Gasteiger partial charge is 0.381 e. The Kier molecular flexibility index (Phi) is 20.7. The van der Waals surface area contributed by atoms with E-state index >= 15 is 0 Å². The summed E-state index contributed by atoms with van der Waals surface area (Å²) in [5.41, 5.74) is 0. The van der Waals surface area contributed by atoms with E-state index in [0.29, 0.717) is 0 Å². The van der Waals surface area contributed by atoms with Crippen LogP contribution in [-0.4, -0.2) is 37.6 Å². The van der Waals surface area contributed by atoms with Gasteiger partial charge in [0.15, 0.2) is 0 Å². The van der Waals surface area contributed by atoms with Gasteiger partial charge in [0.1, 0.15) is 0 Å². The molecule has 0 aromatic heterocycles. The van der Waals surface area contributed by atoms with Crippen LogP contribution in [0.15, 0.2) is 0 Å².